The van der Waals surface area contributed by atoms with Crippen LogP contribution < -0.4 is 0 Å². The van der Waals surface area contributed by atoms with E-state index >= 15 is 0 Å². The molecule has 2 aromatic rings. The van der Waals surface area contributed by atoms with Crippen LogP contribution in [-0.2, 0) is 11.3 Å². The normalized spacial score (nSPS) is 17.3. The Balaban J connectivity index is 1.69. The van der Waals surface area contributed by atoms with Gasteiger partial charge in [-0.25, -0.2) is 9.78 Å². The Kier molecular flexibility index (Phi) is 4.82. The third kappa shape index (κ3) is 3.64. The molecular formula is C18H19ClN2O2. The molecule has 0 bridgehead atoms. The summed E-state index contributed by atoms with van der Waals surface area (Å²) in [6.45, 7) is 2.92. The van der Waals surface area contributed by atoms with Gasteiger partial charge in [0.25, 0.3) is 0 Å². The van der Waals surface area contributed by atoms with Gasteiger partial charge in [-0.05, 0) is 37.0 Å². The van der Waals surface area contributed by atoms with Crippen LogP contribution in [0.4, 0.5) is 4.79 Å². The number of carbonyl (C=O) groups is 1. The number of aromatic nitrogens is 1. The van der Waals surface area contributed by atoms with Crippen LogP contribution >= 0.6 is 11.6 Å². The van der Waals surface area contributed by atoms with E-state index in [1.54, 1.807) is 11.0 Å². The number of pyridine rings is 1. The fraction of sp³-hybridized carbons (Fsp3) is 0.333. The fourth-order valence-electron chi connectivity index (χ4n) is 3.00. The number of carbonyl (C=O) groups excluding carboxylic acids is 1. The quantitative estimate of drug-likeness (QED) is 0.777. The minimum atomic E-state index is -0.272. The van der Waals surface area contributed by atoms with Crippen molar-refractivity contribution in [2.75, 3.05) is 6.54 Å². The topological polar surface area (TPSA) is 42.4 Å². The lowest BCUT2D eigenvalue weighted by Gasteiger charge is -2.25. The van der Waals surface area contributed by atoms with Crippen LogP contribution in [0, 0.1) is 6.92 Å². The van der Waals surface area contributed by atoms with Gasteiger partial charge in [0.1, 0.15) is 11.8 Å². The molecule has 0 radical (unpaired) electrons. The molecule has 1 saturated heterocycles. The van der Waals surface area contributed by atoms with Gasteiger partial charge in [0.15, 0.2) is 0 Å². The number of halogens is 1. The predicted molar refractivity (Wildman–Crippen MR) is 89.3 cm³/mol. The first-order chi connectivity index (χ1) is 11.1. The van der Waals surface area contributed by atoms with E-state index in [9.17, 15) is 4.79 Å². The van der Waals surface area contributed by atoms with Gasteiger partial charge in [-0.3, -0.25) is 0 Å². The van der Waals surface area contributed by atoms with Crippen molar-refractivity contribution in [3.05, 3.63) is 64.4 Å². The second kappa shape index (κ2) is 7.01. The number of likely N-dealkylation sites (tertiary alicyclic amines) is 1. The summed E-state index contributed by atoms with van der Waals surface area (Å²) in [5, 5.41) is 0.474. The first-order valence-corrected chi connectivity index (χ1v) is 8.13. The molecule has 1 unspecified atom stereocenters. The summed E-state index contributed by atoms with van der Waals surface area (Å²) in [4.78, 5) is 18.5. The smallest absolute Gasteiger partial charge is 0.410 e. The molecule has 1 atom stereocenters. The largest absolute Gasteiger partial charge is 0.445 e. The minimum Gasteiger partial charge on any atom is -0.445 e. The first-order valence-electron chi connectivity index (χ1n) is 7.75. The molecule has 0 N–H and O–H groups in total. The van der Waals surface area contributed by atoms with Gasteiger partial charge in [-0.15, -0.1) is 0 Å². The summed E-state index contributed by atoms with van der Waals surface area (Å²) < 4.78 is 5.47. The SMILES string of the molecule is Cc1nc(Cl)ccc1C1CCCN1C(=O)OCc1ccccc1. The van der Waals surface area contributed by atoms with Gasteiger partial charge in [0.05, 0.1) is 6.04 Å². The zero-order valence-electron chi connectivity index (χ0n) is 13.0. The summed E-state index contributed by atoms with van der Waals surface area (Å²) in [5.74, 6) is 0. The highest BCUT2D eigenvalue weighted by atomic mass is 35.5. The molecule has 3 rings (SSSR count). The number of nitrogens with zero attached hydrogens (tertiary/aromatic N) is 2. The summed E-state index contributed by atoms with van der Waals surface area (Å²) in [5.41, 5.74) is 2.90. The molecular weight excluding hydrogens is 312 g/mol. The van der Waals surface area contributed by atoms with E-state index in [4.69, 9.17) is 16.3 Å². The maximum Gasteiger partial charge on any atom is 0.410 e. The van der Waals surface area contributed by atoms with Crippen LogP contribution in [0.1, 0.15) is 35.7 Å². The van der Waals surface area contributed by atoms with Gasteiger partial charge in [0.2, 0.25) is 0 Å². The minimum absolute atomic E-state index is 0.0167. The number of aryl methyl sites for hydroxylation is 1. The summed E-state index contributed by atoms with van der Waals surface area (Å²) >= 11 is 5.92. The van der Waals surface area contributed by atoms with Crippen molar-refractivity contribution in [2.24, 2.45) is 0 Å². The van der Waals surface area contributed by atoms with Crippen molar-refractivity contribution in [1.82, 2.24) is 9.88 Å². The third-order valence-corrected chi connectivity index (χ3v) is 4.35. The third-order valence-electron chi connectivity index (χ3n) is 4.14. The Labute approximate surface area is 141 Å². The molecule has 0 saturated carbocycles. The lowest BCUT2D eigenvalue weighted by molar-refractivity contribution is 0.0919. The number of ether oxygens (including phenoxy) is 1. The van der Waals surface area contributed by atoms with E-state index in [0.29, 0.717) is 18.3 Å². The molecule has 0 aliphatic carbocycles. The van der Waals surface area contributed by atoms with Gasteiger partial charge >= 0.3 is 6.09 Å². The zero-order chi connectivity index (χ0) is 16.2. The Morgan fingerprint density at radius 2 is 2.09 bits per heavy atom. The molecule has 4 nitrogen and oxygen atoms in total. The van der Waals surface area contributed by atoms with Crippen LogP contribution in [0.25, 0.3) is 0 Å². The van der Waals surface area contributed by atoms with Crippen LogP contribution in [-0.4, -0.2) is 22.5 Å². The molecule has 1 aromatic heterocycles. The van der Waals surface area contributed by atoms with E-state index in [1.807, 2.05) is 43.3 Å². The Morgan fingerprint density at radius 3 is 2.83 bits per heavy atom. The van der Waals surface area contributed by atoms with E-state index in [-0.39, 0.29) is 12.1 Å². The van der Waals surface area contributed by atoms with E-state index < -0.39 is 0 Å². The molecule has 1 amide bonds. The Hall–Kier alpha value is -2.07. The van der Waals surface area contributed by atoms with Crippen molar-refractivity contribution in [3.63, 3.8) is 0 Å². The molecule has 0 spiro atoms. The van der Waals surface area contributed by atoms with E-state index in [0.717, 1.165) is 29.7 Å². The molecule has 2 heterocycles. The van der Waals surface area contributed by atoms with Gasteiger partial charge < -0.3 is 9.64 Å². The lowest BCUT2D eigenvalue weighted by Crippen LogP contribution is -2.31. The average molecular weight is 331 g/mol. The van der Waals surface area contributed by atoms with Crippen LogP contribution in [0.2, 0.25) is 5.15 Å². The van der Waals surface area contributed by atoms with Crippen molar-refractivity contribution in [2.45, 2.75) is 32.4 Å². The van der Waals surface area contributed by atoms with E-state index in [2.05, 4.69) is 4.98 Å². The standard InChI is InChI=1S/C18H19ClN2O2/c1-13-15(9-10-17(19)20-13)16-8-5-11-21(16)18(22)23-12-14-6-3-2-4-7-14/h2-4,6-7,9-10,16H,5,8,11-12H2,1H3. The van der Waals surface area contributed by atoms with Crippen molar-refractivity contribution in [3.8, 4) is 0 Å². The molecule has 5 heteroatoms. The number of rotatable bonds is 3. The van der Waals surface area contributed by atoms with Crippen molar-refractivity contribution >= 4 is 17.7 Å². The molecule has 1 aliphatic heterocycles. The second-order valence-electron chi connectivity index (χ2n) is 5.70. The summed E-state index contributed by atoms with van der Waals surface area (Å²) in [6, 6.07) is 13.5. The number of amides is 1. The average Bonchev–Trinajstić information content (AvgIpc) is 3.03. The highest BCUT2D eigenvalue weighted by molar-refractivity contribution is 6.29. The van der Waals surface area contributed by atoms with Crippen LogP contribution in [0.3, 0.4) is 0 Å². The highest BCUT2D eigenvalue weighted by Crippen LogP contribution is 2.34. The summed E-state index contributed by atoms with van der Waals surface area (Å²) in [7, 11) is 0. The molecule has 1 fully saturated rings. The maximum atomic E-state index is 12.4. The summed E-state index contributed by atoms with van der Waals surface area (Å²) in [6.07, 6.45) is 1.61. The van der Waals surface area contributed by atoms with Crippen LogP contribution in [0.15, 0.2) is 42.5 Å². The number of hydrogen-bond acceptors (Lipinski definition) is 3. The zero-order valence-corrected chi connectivity index (χ0v) is 13.8. The van der Waals surface area contributed by atoms with E-state index in [1.165, 1.54) is 0 Å². The van der Waals surface area contributed by atoms with Gasteiger partial charge in [-0.2, -0.15) is 0 Å². The Morgan fingerprint density at radius 1 is 1.30 bits per heavy atom. The second-order valence-corrected chi connectivity index (χ2v) is 6.09. The molecule has 1 aliphatic rings. The fourth-order valence-corrected chi connectivity index (χ4v) is 3.19. The molecule has 23 heavy (non-hydrogen) atoms. The number of benzene rings is 1. The van der Waals surface area contributed by atoms with Gasteiger partial charge in [0, 0.05) is 12.2 Å². The Bertz CT molecular complexity index is 691. The molecule has 1 aromatic carbocycles. The predicted octanol–water partition coefficient (Wildman–Crippen LogP) is 4.52. The number of hydrogen-bond donors (Lipinski definition) is 0. The monoisotopic (exact) mass is 330 g/mol. The van der Waals surface area contributed by atoms with Crippen LogP contribution in [0.5, 0.6) is 0 Å². The van der Waals surface area contributed by atoms with Crippen molar-refractivity contribution in [1.29, 1.82) is 0 Å². The molecule has 120 valence electrons. The first kappa shape index (κ1) is 15.8. The van der Waals surface area contributed by atoms with Gasteiger partial charge in [-0.1, -0.05) is 48.0 Å². The van der Waals surface area contributed by atoms with Crippen molar-refractivity contribution < 1.29 is 9.53 Å². The maximum absolute atomic E-state index is 12.4. The lowest BCUT2D eigenvalue weighted by atomic mass is 10.0. The highest BCUT2D eigenvalue weighted by Gasteiger charge is 2.32.